The maximum atomic E-state index is 11.2. The lowest BCUT2D eigenvalue weighted by Gasteiger charge is -2.24. The van der Waals surface area contributed by atoms with E-state index in [2.05, 4.69) is 0 Å². The van der Waals surface area contributed by atoms with Crippen molar-refractivity contribution in [3.05, 3.63) is 0 Å². The van der Waals surface area contributed by atoms with Gasteiger partial charge in [0.25, 0.3) is 10.2 Å². The van der Waals surface area contributed by atoms with E-state index in [0.29, 0.717) is 13.1 Å². The molecule has 0 radical (unpaired) electrons. The molecule has 1 aliphatic carbocycles. The van der Waals surface area contributed by atoms with Crippen LogP contribution in [0.1, 0.15) is 25.7 Å². The Bertz CT molecular complexity index is 246. The van der Waals surface area contributed by atoms with Gasteiger partial charge in [-0.2, -0.15) is 12.7 Å². The van der Waals surface area contributed by atoms with E-state index in [4.69, 9.17) is 10.9 Å². The molecule has 0 bridgehead atoms. The first-order valence-corrected chi connectivity index (χ1v) is 6.05. The van der Waals surface area contributed by atoms with Crippen molar-refractivity contribution < 1.29 is 8.42 Å². The van der Waals surface area contributed by atoms with Crippen molar-refractivity contribution >= 4 is 10.2 Å². The fourth-order valence-corrected chi connectivity index (χ4v) is 2.82. The van der Waals surface area contributed by atoms with Crippen LogP contribution in [0.5, 0.6) is 0 Å². The maximum absolute atomic E-state index is 11.2. The number of hydrogen-bond donors (Lipinski definition) is 2. The van der Waals surface area contributed by atoms with E-state index in [-0.39, 0.29) is 6.04 Å². The number of rotatable bonds is 4. The minimum Gasteiger partial charge on any atom is -0.329 e. The molecule has 4 N–H and O–H groups in total. The highest BCUT2D eigenvalue weighted by Crippen LogP contribution is 2.24. The first-order chi connectivity index (χ1) is 6.05. The minimum atomic E-state index is -3.56. The van der Waals surface area contributed by atoms with Gasteiger partial charge in [0, 0.05) is 19.1 Å². The summed E-state index contributed by atoms with van der Waals surface area (Å²) in [6.07, 6.45) is 4.00. The van der Waals surface area contributed by atoms with Gasteiger partial charge >= 0.3 is 0 Å². The predicted octanol–water partition coefficient (Wildman–Crippen LogP) is -0.607. The van der Waals surface area contributed by atoms with E-state index >= 15 is 0 Å². The highest BCUT2D eigenvalue weighted by molar-refractivity contribution is 7.86. The van der Waals surface area contributed by atoms with Gasteiger partial charge in [-0.15, -0.1) is 0 Å². The summed E-state index contributed by atoms with van der Waals surface area (Å²) in [7, 11) is -3.56. The molecular weight excluding hydrogens is 190 g/mol. The van der Waals surface area contributed by atoms with Gasteiger partial charge in [0.05, 0.1) is 0 Å². The average Bonchev–Trinajstić information content (AvgIpc) is 2.49. The molecule has 0 atom stereocenters. The average molecular weight is 207 g/mol. The second kappa shape index (κ2) is 4.36. The molecule has 0 aromatic rings. The van der Waals surface area contributed by atoms with Crippen molar-refractivity contribution in [2.24, 2.45) is 10.9 Å². The Balaban J connectivity index is 2.66. The summed E-state index contributed by atoms with van der Waals surface area (Å²) in [5, 5.41) is 5.09. The van der Waals surface area contributed by atoms with Gasteiger partial charge < -0.3 is 5.73 Å². The van der Waals surface area contributed by atoms with Crippen LogP contribution in [0, 0.1) is 0 Å². The molecule has 0 unspecified atom stereocenters. The molecule has 0 spiro atoms. The lowest BCUT2D eigenvalue weighted by Crippen LogP contribution is -2.45. The van der Waals surface area contributed by atoms with Crippen LogP contribution < -0.4 is 10.9 Å². The predicted molar refractivity (Wildman–Crippen MR) is 51.1 cm³/mol. The monoisotopic (exact) mass is 207 g/mol. The molecule has 0 aliphatic heterocycles. The fraction of sp³-hybridized carbons (Fsp3) is 1.00. The normalized spacial score (nSPS) is 19.9. The third kappa shape index (κ3) is 2.91. The number of hydrogen-bond acceptors (Lipinski definition) is 3. The van der Waals surface area contributed by atoms with E-state index in [1.165, 1.54) is 4.31 Å². The third-order valence-electron chi connectivity index (χ3n) is 2.41. The quantitative estimate of drug-likeness (QED) is 0.644. The van der Waals surface area contributed by atoms with Crippen molar-refractivity contribution in [3.63, 3.8) is 0 Å². The molecule has 0 amide bonds. The fourth-order valence-electron chi connectivity index (χ4n) is 1.84. The molecule has 5 nitrogen and oxygen atoms in total. The van der Waals surface area contributed by atoms with Crippen LogP contribution in [0.4, 0.5) is 0 Å². The van der Waals surface area contributed by atoms with Crippen LogP contribution in [0.2, 0.25) is 0 Å². The molecule has 0 aromatic carbocycles. The molecule has 1 saturated carbocycles. The van der Waals surface area contributed by atoms with Crippen molar-refractivity contribution in [2.45, 2.75) is 31.7 Å². The van der Waals surface area contributed by atoms with Crippen molar-refractivity contribution in [2.75, 3.05) is 13.1 Å². The molecular formula is C7H17N3O2S. The summed E-state index contributed by atoms with van der Waals surface area (Å²) in [6.45, 7) is 0.663. The van der Waals surface area contributed by atoms with Crippen LogP contribution >= 0.6 is 0 Å². The molecule has 1 fully saturated rings. The second-order valence-corrected chi connectivity index (χ2v) is 4.88. The summed E-state index contributed by atoms with van der Waals surface area (Å²) in [4.78, 5) is 0. The highest BCUT2D eigenvalue weighted by atomic mass is 32.2. The SMILES string of the molecule is NCCN(C1CCCC1)S(N)(=O)=O. The van der Waals surface area contributed by atoms with Crippen molar-refractivity contribution in [1.82, 2.24) is 4.31 Å². The number of nitrogens with zero attached hydrogens (tertiary/aromatic N) is 1. The first-order valence-electron chi connectivity index (χ1n) is 4.55. The van der Waals surface area contributed by atoms with Crippen LogP contribution in [0.15, 0.2) is 0 Å². The summed E-state index contributed by atoms with van der Waals surface area (Å²) >= 11 is 0. The Kier molecular flexibility index (Phi) is 3.66. The van der Waals surface area contributed by atoms with Crippen LogP contribution in [-0.4, -0.2) is 31.9 Å². The first kappa shape index (κ1) is 10.9. The zero-order chi connectivity index (χ0) is 9.90. The van der Waals surface area contributed by atoms with Crippen LogP contribution in [0.25, 0.3) is 0 Å². The van der Waals surface area contributed by atoms with Gasteiger partial charge in [0.15, 0.2) is 0 Å². The number of nitrogens with two attached hydrogens (primary N) is 2. The van der Waals surface area contributed by atoms with E-state index in [0.717, 1.165) is 25.7 Å². The summed E-state index contributed by atoms with van der Waals surface area (Å²) in [5.74, 6) is 0. The van der Waals surface area contributed by atoms with Gasteiger partial charge in [0.2, 0.25) is 0 Å². The van der Waals surface area contributed by atoms with Gasteiger partial charge in [-0.1, -0.05) is 12.8 Å². The van der Waals surface area contributed by atoms with Crippen LogP contribution in [-0.2, 0) is 10.2 Å². The van der Waals surface area contributed by atoms with Gasteiger partial charge in [-0.25, -0.2) is 5.14 Å². The molecule has 1 aliphatic rings. The third-order valence-corrected chi connectivity index (χ3v) is 3.54. The van der Waals surface area contributed by atoms with Gasteiger partial charge in [0.1, 0.15) is 0 Å². The van der Waals surface area contributed by atoms with E-state index in [1.54, 1.807) is 0 Å². The topological polar surface area (TPSA) is 89.4 Å². The summed E-state index contributed by atoms with van der Waals surface area (Å²) < 4.78 is 23.6. The zero-order valence-electron chi connectivity index (χ0n) is 7.65. The second-order valence-electron chi connectivity index (χ2n) is 3.38. The summed E-state index contributed by atoms with van der Waals surface area (Å²) in [5.41, 5.74) is 5.33. The smallest absolute Gasteiger partial charge is 0.277 e. The maximum Gasteiger partial charge on any atom is 0.277 e. The summed E-state index contributed by atoms with van der Waals surface area (Å²) in [6, 6.07) is 0.0820. The molecule has 0 heterocycles. The largest absolute Gasteiger partial charge is 0.329 e. The molecule has 0 saturated heterocycles. The molecule has 13 heavy (non-hydrogen) atoms. The van der Waals surface area contributed by atoms with E-state index in [9.17, 15) is 8.42 Å². The Morgan fingerprint density at radius 3 is 2.23 bits per heavy atom. The van der Waals surface area contributed by atoms with Gasteiger partial charge in [-0.3, -0.25) is 0 Å². The standard InChI is InChI=1S/C7H17N3O2S/c8-5-6-10(13(9,11)12)7-3-1-2-4-7/h7H,1-6,8H2,(H2,9,11,12). The van der Waals surface area contributed by atoms with Crippen molar-refractivity contribution in [1.29, 1.82) is 0 Å². The van der Waals surface area contributed by atoms with Crippen molar-refractivity contribution in [3.8, 4) is 0 Å². The van der Waals surface area contributed by atoms with E-state index in [1.807, 2.05) is 0 Å². The van der Waals surface area contributed by atoms with Gasteiger partial charge in [-0.05, 0) is 12.8 Å². The Morgan fingerprint density at radius 2 is 1.85 bits per heavy atom. The van der Waals surface area contributed by atoms with Crippen LogP contribution in [0.3, 0.4) is 0 Å². The molecule has 1 rings (SSSR count). The molecule has 0 aromatic heterocycles. The lowest BCUT2D eigenvalue weighted by atomic mass is 10.2. The highest BCUT2D eigenvalue weighted by Gasteiger charge is 2.28. The zero-order valence-corrected chi connectivity index (χ0v) is 8.46. The molecule has 6 heteroatoms. The molecule has 78 valence electrons. The Hall–Kier alpha value is -0.170. The Labute approximate surface area is 79.3 Å². The lowest BCUT2D eigenvalue weighted by molar-refractivity contribution is 0.329. The minimum absolute atomic E-state index is 0.0820. The van der Waals surface area contributed by atoms with E-state index < -0.39 is 10.2 Å². The Morgan fingerprint density at radius 1 is 1.31 bits per heavy atom.